The number of hydrogen-bond acceptors (Lipinski definition) is 3. The molecule has 4 nitrogen and oxygen atoms in total. The molecule has 1 atom stereocenters. The molecule has 1 saturated heterocycles. The lowest BCUT2D eigenvalue weighted by Crippen LogP contribution is -2.19. The average Bonchev–Trinajstić information content (AvgIpc) is 2.68. The van der Waals surface area contributed by atoms with Crippen molar-refractivity contribution in [3.05, 3.63) is 21.9 Å². The Balaban J connectivity index is 2.10. The summed E-state index contributed by atoms with van der Waals surface area (Å²) in [6.45, 7) is 0.789. The summed E-state index contributed by atoms with van der Waals surface area (Å²) in [4.78, 5) is 4.34. The first-order chi connectivity index (χ1) is 8.25. The van der Waals surface area contributed by atoms with Gasteiger partial charge < -0.3 is 4.74 Å². The van der Waals surface area contributed by atoms with Crippen molar-refractivity contribution in [1.82, 2.24) is 14.8 Å². The van der Waals surface area contributed by atoms with Crippen molar-refractivity contribution in [3.63, 3.8) is 0 Å². The van der Waals surface area contributed by atoms with E-state index < -0.39 is 0 Å². The maximum absolute atomic E-state index is 5.93. The van der Waals surface area contributed by atoms with Crippen LogP contribution in [0.5, 0.6) is 0 Å². The molecule has 2 aromatic rings. The summed E-state index contributed by atoms with van der Waals surface area (Å²) in [5.74, 6) is 0. The molecule has 0 radical (unpaired) electrons. The lowest BCUT2D eigenvalue weighted by atomic mass is 10.2. The SMILES string of the molecule is Clc1cnc2c(c1)c(Br)nn2C1CCCCO1. The second-order valence-electron chi connectivity index (χ2n) is 4.08. The van der Waals surface area contributed by atoms with E-state index in [9.17, 15) is 0 Å². The quantitative estimate of drug-likeness (QED) is 0.808. The molecule has 0 spiro atoms. The molecule has 2 aromatic heterocycles. The molecule has 6 heteroatoms. The Hall–Kier alpha value is -0.650. The second-order valence-corrected chi connectivity index (χ2v) is 5.27. The molecule has 0 saturated carbocycles. The van der Waals surface area contributed by atoms with E-state index in [2.05, 4.69) is 26.0 Å². The van der Waals surface area contributed by atoms with Crippen molar-refractivity contribution in [2.24, 2.45) is 0 Å². The van der Waals surface area contributed by atoms with Crippen molar-refractivity contribution in [3.8, 4) is 0 Å². The molecule has 1 aliphatic rings. The summed E-state index contributed by atoms with van der Waals surface area (Å²) < 4.78 is 8.33. The molecule has 0 aliphatic carbocycles. The van der Waals surface area contributed by atoms with E-state index in [0.717, 1.165) is 41.5 Å². The Morgan fingerprint density at radius 1 is 1.47 bits per heavy atom. The normalized spacial score (nSPS) is 20.9. The van der Waals surface area contributed by atoms with Gasteiger partial charge in [0.05, 0.1) is 10.4 Å². The Morgan fingerprint density at radius 3 is 3.12 bits per heavy atom. The van der Waals surface area contributed by atoms with Gasteiger partial charge in [-0.25, -0.2) is 9.67 Å². The van der Waals surface area contributed by atoms with Crippen molar-refractivity contribution >= 4 is 38.6 Å². The van der Waals surface area contributed by atoms with Gasteiger partial charge in [0.1, 0.15) is 4.60 Å². The number of fused-ring (bicyclic) bond motifs is 1. The summed E-state index contributed by atoms with van der Waals surface area (Å²) in [5, 5.41) is 5.98. The van der Waals surface area contributed by atoms with Gasteiger partial charge in [0, 0.05) is 12.8 Å². The Kier molecular flexibility index (Phi) is 3.06. The fourth-order valence-corrected chi connectivity index (χ4v) is 2.70. The third-order valence-electron chi connectivity index (χ3n) is 2.90. The predicted molar refractivity (Wildman–Crippen MR) is 69.1 cm³/mol. The molecular weight excluding hydrogens is 305 g/mol. The van der Waals surface area contributed by atoms with Crippen LogP contribution in [0.4, 0.5) is 0 Å². The minimum Gasteiger partial charge on any atom is -0.356 e. The Morgan fingerprint density at radius 2 is 2.35 bits per heavy atom. The number of halogens is 2. The molecular formula is C11H11BrClN3O. The van der Waals surface area contributed by atoms with Crippen LogP contribution in [0.1, 0.15) is 25.5 Å². The van der Waals surface area contributed by atoms with E-state index in [-0.39, 0.29) is 6.23 Å². The first kappa shape index (κ1) is 11.4. The van der Waals surface area contributed by atoms with E-state index >= 15 is 0 Å². The van der Waals surface area contributed by atoms with Crippen LogP contribution in [0.15, 0.2) is 16.9 Å². The third kappa shape index (κ3) is 2.07. The molecule has 17 heavy (non-hydrogen) atoms. The van der Waals surface area contributed by atoms with Crippen LogP contribution in [-0.2, 0) is 4.74 Å². The van der Waals surface area contributed by atoms with Crippen LogP contribution in [0.3, 0.4) is 0 Å². The zero-order valence-corrected chi connectivity index (χ0v) is 11.4. The fraction of sp³-hybridized carbons (Fsp3) is 0.455. The summed E-state index contributed by atoms with van der Waals surface area (Å²) in [6.07, 6.45) is 4.89. The van der Waals surface area contributed by atoms with Crippen LogP contribution in [0.2, 0.25) is 5.02 Å². The molecule has 0 bridgehead atoms. The van der Waals surface area contributed by atoms with Gasteiger partial charge in [-0.3, -0.25) is 0 Å². The van der Waals surface area contributed by atoms with Gasteiger partial charge in [-0.2, -0.15) is 5.10 Å². The molecule has 1 aliphatic heterocycles. The minimum absolute atomic E-state index is 0.00812. The second kappa shape index (κ2) is 4.55. The summed E-state index contributed by atoms with van der Waals surface area (Å²) >= 11 is 9.37. The average molecular weight is 317 g/mol. The molecule has 3 heterocycles. The van der Waals surface area contributed by atoms with Crippen molar-refractivity contribution in [1.29, 1.82) is 0 Å². The molecule has 3 rings (SSSR count). The maximum atomic E-state index is 5.93. The van der Waals surface area contributed by atoms with Gasteiger partial charge >= 0.3 is 0 Å². The zero-order valence-electron chi connectivity index (χ0n) is 9.07. The number of aromatic nitrogens is 3. The first-order valence-corrected chi connectivity index (χ1v) is 6.73. The highest BCUT2D eigenvalue weighted by molar-refractivity contribution is 9.10. The van der Waals surface area contributed by atoms with Crippen LogP contribution >= 0.6 is 27.5 Å². The molecule has 90 valence electrons. The van der Waals surface area contributed by atoms with Gasteiger partial charge in [0.25, 0.3) is 0 Å². The summed E-state index contributed by atoms with van der Waals surface area (Å²) in [7, 11) is 0. The highest BCUT2D eigenvalue weighted by Gasteiger charge is 2.21. The number of ether oxygens (including phenoxy) is 1. The lowest BCUT2D eigenvalue weighted by molar-refractivity contribution is -0.0371. The first-order valence-electron chi connectivity index (χ1n) is 5.56. The minimum atomic E-state index is -0.00812. The van der Waals surface area contributed by atoms with Crippen LogP contribution < -0.4 is 0 Å². The van der Waals surface area contributed by atoms with Crippen LogP contribution in [-0.4, -0.2) is 21.4 Å². The summed E-state index contributed by atoms with van der Waals surface area (Å²) in [5.41, 5.74) is 0.813. The number of hydrogen-bond donors (Lipinski definition) is 0. The predicted octanol–water partition coefficient (Wildman–Crippen LogP) is 3.55. The van der Waals surface area contributed by atoms with Crippen molar-refractivity contribution < 1.29 is 4.74 Å². The number of rotatable bonds is 1. The maximum Gasteiger partial charge on any atom is 0.161 e. The van der Waals surface area contributed by atoms with E-state index in [1.165, 1.54) is 0 Å². The standard InChI is InChI=1S/C11H11BrClN3O/c12-10-8-5-7(13)6-14-11(8)16(15-10)9-3-1-2-4-17-9/h5-6,9H,1-4H2. The van der Waals surface area contributed by atoms with E-state index in [4.69, 9.17) is 16.3 Å². The smallest absolute Gasteiger partial charge is 0.161 e. The Bertz CT molecular complexity index is 551. The highest BCUT2D eigenvalue weighted by atomic mass is 79.9. The lowest BCUT2D eigenvalue weighted by Gasteiger charge is -2.22. The largest absolute Gasteiger partial charge is 0.356 e. The van der Waals surface area contributed by atoms with Gasteiger partial charge in [-0.15, -0.1) is 0 Å². The zero-order chi connectivity index (χ0) is 11.8. The van der Waals surface area contributed by atoms with Gasteiger partial charge in [0.15, 0.2) is 11.9 Å². The van der Waals surface area contributed by atoms with Crippen LogP contribution in [0.25, 0.3) is 11.0 Å². The summed E-state index contributed by atoms with van der Waals surface area (Å²) in [6, 6.07) is 1.86. The van der Waals surface area contributed by atoms with Crippen molar-refractivity contribution in [2.75, 3.05) is 6.61 Å². The fourth-order valence-electron chi connectivity index (χ4n) is 2.08. The Labute approximate surface area is 112 Å². The number of pyridine rings is 1. The third-order valence-corrected chi connectivity index (χ3v) is 3.69. The molecule has 1 fully saturated rings. The van der Waals surface area contributed by atoms with E-state index in [1.807, 2.05) is 10.7 Å². The van der Waals surface area contributed by atoms with E-state index in [0.29, 0.717) is 5.02 Å². The highest BCUT2D eigenvalue weighted by Crippen LogP contribution is 2.30. The topological polar surface area (TPSA) is 39.9 Å². The molecule has 0 aromatic carbocycles. The van der Waals surface area contributed by atoms with Crippen molar-refractivity contribution in [2.45, 2.75) is 25.5 Å². The molecule has 1 unspecified atom stereocenters. The van der Waals surface area contributed by atoms with E-state index in [1.54, 1.807) is 6.20 Å². The van der Waals surface area contributed by atoms with Gasteiger partial charge in [-0.1, -0.05) is 11.6 Å². The van der Waals surface area contributed by atoms with Crippen LogP contribution in [0, 0.1) is 0 Å². The van der Waals surface area contributed by atoms with Gasteiger partial charge in [-0.05, 0) is 41.3 Å². The monoisotopic (exact) mass is 315 g/mol. The molecule has 0 amide bonds. The molecule has 0 N–H and O–H groups in total. The van der Waals surface area contributed by atoms with Gasteiger partial charge in [0.2, 0.25) is 0 Å². The number of nitrogens with zero attached hydrogens (tertiary/aromatic N) is 3.